The zero-order valence-electron chi connectivity index (χ0n) is 10.2. The maximum Gasteiger partial charge on any atom is 0.0815 e. The molecule has 0 saturated carbocycles. The van der Waals surface area contributed by atoms with Crippen molar-refractivity contribution >= 4 is 0 Å². The Balaban J connectivity index is 2.02. The molecule has 1 atom stereocenters. The van der Waals surface area contributed by atoms with Crippen molar-refractivity contribution in [2.75, 3.05) is 20.1 Å². The normalized spacial score (nSPS) is 27.2. The minimum absolute atomic E-state index is 0.561. The van der Waals surface area contributed by atoms with E-state index in [4.69, 9.17) is 0 Å². The predicted molar refractivity (Wildman–Crippen MR) is 63.3 cm³/mol. The number of aryl methyl sites for hydroxylation is 1. The Kier molecular flexibility index (Phi) is 3.30. The number of β-amino-alcohol motifs (C(OH)–C–C–N with tert-alkyl or cyclic N) is 1. The number of aromatic nitrogens is 2. The largest absolute Gasteiger partial charge is 0.388 e. The van der Waals surface area contributed by atoms with E-state index >= 15 is 0 Å². The van der Waals surface area contributed by atoms with Gasteiger partial charge >= 0.3 is 0 Å². The second-order valence-electron chi connectivity index (χ2n) is 4.95. The van der Waals surface area contributed by atoms with Crippen molar-refractivity contribution in [2.45, 2.75) is 38.3 Å². The average Bonchev–Trinajstić information content (AvgIpc) is 2.64. The van der Waals surface area contributed by atoms with Gasteiger partial charge in [-0.2, -0.15) is 5.10 Å². The van der Waals surface area contributed by atoms with Crippen molar-refractivity contribution in [1.82, 2.24) is 14.7 Å². The van der Waals surface area contributed by atoms with Gasteiger partial charge in [-0.1, -0.05) is 0 Å². The number of piperidine rings is 1. The van der Waals surface area contributed by atoms with E-state index in [1.165, 1.54) is 0 Å². The Labute approximate surface area is 96.9 Å². The molecule has 2 heterocycles. The molecule has 4 nitrogen and oxygen atoms in total. The molecule has 1 aromatic heterocycles. The molecule has 0 amide bonds. The number of hydrogen-bond acceptors (Lipinski definition) is 3. The Morgan fingerprint density at radius 2 is 2.38 bits per heavy atom. The van der Waals surface area contributed by atoms with E-state index in [0.717, 1.165) is 44.5 Å². The van der Waals surface area contributed by atoms with Crippen molar-refractivity contribution in [2.24, 2.45) is 0 Å². The summed E-state index contributed by atoms with van der Waals surface area (Å²) < 4.78 is 1.91. The van der Waals surface area contributed by atoms with Crippen LogP contribution in [-0.2, 0) is 13.0 Å². The van der Waals surface area contributed by atoms with Gasteiger partial charge in [-0.15, -0.1) is 0 Å². The summed E-state index contributed by atoms with van der Waals surface area (Å²) in [6.07, 6.45) is 6.60. The molecule has 90 valence electrons. The number of hydrogen-bond donors (Lipinski definition) is 1. The molecule has 2 rings (SSSR count). The first-order valence-electron chi connectivity index (χ1n) is 6.03. The molecular formula is C12H21N3O. The first kappa shape index (κ1) is 11.6. The van der Waals surface area contributed by atoms with Crippen LogP contribution < -0.4 is 0 Å². The van der Waals surface area contributed by atoms with E-state index in [9.17, 15) is 5.11 Å². The Bertz CT molecular complexity index is 350. The zero-order valence-corrected chi connectivity index (χ0v) is 10.2. The van der Waals surface area contributed by atoms with Crippen LogP contribution in [-0.4, -0.2) is 45.5 Å². The summed E-state index contributed by atoms with van der Waals surface area (Å²) in [6.45, 7) is 4.82. The zero-order chi connectivity index (χ0) is 11.6. The highest BCUT2D eigenvalue weighted by Crippen LogP contribution is 2.24. The molecule has 16 heavy (non-hydrogen) atoms. The molecule has 0 bridgehead atoms. The number of likely N-dealkylation sites (tertiary alicyclic amines) is 1. The van der Waals surface area contributed by atoms with Crippen LogP contribution >= 0.6 is 0 Å². The van der Waals surface area contributed by atoms with Crippen LogP contribution in [0, 0.1) is 0 Å². The van der Waals surface area contributed by atoms with Gasteiger partial charge in [-0.3, -0.25) is 4.68 Å². The third kappa shape index (κ3) is 2.62. The highest BCUT2D eigenvalue weighted by Gasteiger charge is 2.32. The predicted octanol–water partition coefficient (Wildman–Crippen LogP) is 0.902. The van der Waals surface area contributed by atoms with Crippen molar-refractivity contribution in [1.29, 1.82) is 0 Å². The lowest BCUT2D eigenvalue weighted by Crippen LogP contribution is -2.47. The lowest BCUT2D eigenvalue weighted by Gasteiger charge is -2.37. The van der Waals surface area contributed by atoms with Crippen LogP contribution in [0.1, 0.15) is 25.3 Å². The van der Waals surface area contributed by atoms with Crippen LogP contribution in [0.5, 0.6) is 0 Å². The summed E-state index contributed by atoms with van der Waals surface area (Å²) in [5.74, 6) is 0. The molecule has 0 spiro atoms. The summed E-state index contributed by atoms with van der Waals surface area (Å²) >= 11 is 0. The van der Waals surface area contributed by atoms with Gasteiger partial charge in [0.1, 0.15) is 0 Å². The SMILES string of the molecule is CCn1cc(CC2(O)CCCN(C)C2)cn1. The summed E-state index contributed by atoms with van der Waals surface area (Å²) in [7, 11) is 2.07. The molecule has 0 aliphatic carbocycles. The second kappa shape index (κ2) is 4.55. The van der Waals surface area contributed by atoms with Crippen molar-refractivity contribution in [3.63, 3.8) is 0 Å². The monoisotopic (exact) mass is 223 g/mol. The lowest BCUT2D eigenvalue weighted by molar-refractivity contribution is -0.0224. The van der Waals surface area contributed by atoms with Crippen LogP contribution in [0.4, 0.5) is 0 Å². The smallest absolute Gasteiger partial charge is 0.0815 e. The van der Waals surface area contributed by atoms with Crippen LogP contribution in [0.2, 0.25) is 0 Å². The van der Waals surface area contributed by atoms with Gasteiger partial charge in [0, 0.05) is 25.7 Å². The third-order valence-electron chi connectivity index (χ3n) is 3.29. The van der Waals surface area contributed by atoms with Crippen molar-refractivity contribution in [3.8, 4) is 0 Å². The number of nitrogens with zero attached hydrogens (tertiary/aromatic N) is 3. The number of rotatable bonds is 3. The Morgan fingerprint density at radius 1 is 1.56 bits per heavy atom. The van der Waals surface area contributed by atoms with Crippen molar-refractivity contribution < 1.29 is 5.11 Å². The summed E-state index contributed by atoms with van der Waals surface area (Å²) in [6, 6.07) is 0. The molecule has 1 unspecified atom stereocenters. The molecule has 0 radical (unpaired) electrons. The fraction of sp³-hybridized carbons (Fsp3) is 0.750. The minimum atomic E-state index is -0.561. The summed E-state index contributed by atoms with van der Waals surface area (Å²) in [4.78, 5) is 2.20. The Morgan fingerprint density at radius 3 is 3.00 bits per heavy atom. The van der Waals surface area contributed by atoms with E-state index in [1.54, 1.807) is 0 Å². The minimum Gasteiger partial charge on any atom is -0.388 e. The maximum absolute atomic E-state index is 10.5. The fourth-order valence-corrected chi connectivity index (χ4v) is 2.53. The van der Waals surface area contributed by atoms with Gasteiger partial charge in [-0.25, -0.2) is 0 Å². The van der Waals surface area contributed by atoms with Gasteiger partial charge in [0.25, 0.3) is 0 Å². The van der Waals surface area contributed by atoms with Crippen LogP contribution in [0.3, 0.4) is 0 Å². The third-order valence-corrected chi connectivity index (χ3v) is 3.29. The number of likely N-dealkylation sites (N-methyl/N-ethyl adjacent to an activating group) is 1. The first-order chi connectivity index (χ1) is 7.61. The quantitative estimate of drug-likeness (QED) is 0.828. The Hall–Kier alpha value is -0.870. The topological polar surface area (TPSA) is 41.3 Å². The van der Waals surface area contributed by atoms with E-state index in [-0.39, 0.29) is 0 Å². The molecular weight excluding hydrogens is 202 g/mol. The summed E-state index contributed by atoms with van der Waals surface area (Å²) in [5.41, 5.74) is 0.578. The second-order valence-corrected chi connectivity index (χ2v) is 4.95. The molecule has 1 N–H and O–H groups in total. The van der Waals surface area contributed by atoms with Crippen molar-refractivity contribution in [3.05, 3.63) is 18.0 Å². The van der Waals surface area contributed by atoms with Crippen LogP contribution in [0.15, 0.2) is 12.4 Å². The molecule has 0 aromatic carbocycles. The van der Waals surface area contributed by atoms with E-state index in [1.807, 2.05) is 17.1 Å². The molecule has 1 aromatic rings. The van der Waals surface area contributed by atoms with Gasteiger partial charge in [0.05, 0.1) is 11.8 Å². The number of aliphatic hydroxyl groups is 1. The molecule has 1 aliphatic rings. The van der Waals surface area contributed by atoms with E-state index < -0.39 is 5.60 Å². The maximum atomic E-state index is 10.5. The molecule has 1 aliphatic heterocycles. The standard InChI is InChI=1S/C12H21N3O/c1-3-15-9-11(8-13-15)7-12(16)5-4-6-14(2)10-12/h8-9,16H,3-7,10H2,1-2H3. The van der Waals surface area contributed by atoms with E-state index in [2.05, 4.69) is 24.0 Å². The fourth-order valence-electron chi connectivity index (χ4n) is 2.53. The summed E-state index contributed by atoms with van der Waals surface area (Å²) in [5, 5.41) is 14.7. The van der Waals surface area contributed by atoms with E-state index in [0.29, 0.717) is 0 Å². The molecule has 1 fully saturated rings. The van der Waals surface area contributed by atoms with Gasteiger partial charge in [-0.05, 0) is 38.9 Å². The van der Waals surface area contributed by atoms with Crippen LogP contribution in [0.25, 0.3) is 0 Å². The molecule has 1 saturated heterocycles. The molecule has 4 heteroatoms. The highest BCUT2D eigenvalue weighted by molar-refractivity contribution is 5.09. The lowest BCUT2D eigenvalue weighted by atomic mass is 9.88. The first-order valence-corrected chi connectivity index (χ1v) is 6.03. The highest BCUT2D eigenvalue weighted by atomic mass is 16.3. The van der Waals surface area contributed by atoms with Gasteiger partial charge in [0.2, 0.25) is 0 Å². The average molecular weight is 223 g/mol. The van der Waals surface area contributed by atoms with Gasteiger partial charge in [0.15, 0.2) is 0 Å². The van der Waals surface area contributed by atoms with Gasteiger partial charge < -0.3 is 10.0 Å².